The van der Waals surface area contributed by atoms with Crippen LogP contribution in [0.15, 0.2) is 18.2 Å². The Labute approximate surface area is 316 Å². The molecule has 54 heavy (non-hydrogen) atoms. The lowest BCUT2D eigenvalue weighted by Gasteiger charge is -2.62. The number of aromatic hydroxyl groups is 2. The van der Waals surface area contributed by atoms with Crippen molar-refractivity contribution >= 4 is 23.7 Å². The SMILES string of the molecule is COc1cc2c(cc1O)CCN[C@]21CS[C@@H]2c3c(OC(C)=O)c(C)c4c(c3[C@@H](COC1=O)N1[C@@H]2[C@H]2c3c(cc(C)c(OC)c3O)C[C@@H]([C@@H]1O)N2C)OCO4. The number of benzene rings is 3. The zero-order valence-electron chi connectivity index (χ0n) is 30.8. The predicted molar refractivity (Wildman–Crippen MR) is 195 cm³/mol. The van der Waals surface area contributed by atoms with E-state index in [2.05, 4.69) is 10.2 Å². The van der Waals surface area contributed by atoms with Gasteiger partial charge in [-0.25, -0.2) is 4.79 Å². The van der Waals surface area contributed by atoms with E-state index in [0.717, 1.165) is 16.7 Å². The van der Waals surface area contributed by atoms with Crippen LogP contribution in [0.25, 0.3) is 0 Å². The molecule has 0 amide bonds. The van der Waals surface area contributed by atoms with Crippen molar-refractivity contribution < 1.29 is 53.3 Å². The maximum Gasteiger partial charge on any atom is 0.331 e. The molecule has 286 valence electrons. The van der Waals surface area contributed by atoms with Gasteiger partial charge < -0.3 is 43.7 Å². The number of rotatable bonds is 3. The zero-order chi connectivity index (χ0) is 38.0. The Balaban J connectivity index is 1.32. The number of phenolic OH excluding ortho intramolecular Hbond substituents is 2. The molecular formula is C39H43N3O11S. The van der Waals surface area contributed by atoms with Crippen molar-refractivity contribution in [3.05, 3.63) is 62.7 Å². The number of piperazine rings is 1. The molecule has 0 radical (unpaired) electrons. The molecule has 7 atom stereocenters. The van der Waals surface area contributed by atoms with Crippen LogP contribution in [-0.4, -0.2) is 102 Å². The van der Waals surface area contributed by atoms with Crippen LogP contribution >= 0.6 is 11.8 Å². The van der Waals surface area contributed by atoms with Crippen LogP contribution in [0.3, 0.4) is 0 Å². The number of nitrogens with zero attached hydrogens (tertiary/aromatic N) is 2. The topological polar surface area (TPSA) is 169 Å². The highest BCUT2D eigenvalue weighted by atomic mass is 32.2. The van der Waals surface area contributed by atoms with Crippen molar-refractivity contribution in [3.63, 3.8) is 0 Å². The van der Waals surface area contributed by atoms with Gasteiger partial charge in [-0.05, 0) is 68.1 Å². The summed E-state index contributed by atoms with van der Waals surface area (Å²) in [4.78, 5) is 31.7. The first kappa shape index (κ1) is 35.3. The molecule has 7 heterocycles. The Bertz CT molecular complexity index is 2130. The molecule has 3 aromatic rings. The van der Waals surface area contributed by atoms with Crippen LogP contribution in [0.2, 0.25) is 0 Å². The van der Waals surface area contributed by atoms with Crippen LogP contribution in [0.1, 0.15) is 68.8 Å². The van der Waals surface area contributed by atoms with Crippen LogP contribution in [-0.2, 0) is 32.7 Å². The quantitative estimate of drug-likeness (QED) is 0.226. The number of carbonyl (C=O) groups is 2. The number of methoxy groups -OCH3 is 2. The van der Waals surface area contributed by atoms with Gasteiger partial charge in [0.1, 0.15) is 18.6 Å². The number of thioether (sulfide) groups is 1. The Morgan fingerprint density at radius 2 is 1.80 bits per heavy atom. The minimum atomic E-state index is -1.36. The second-order valence-corrected chi connectivity index (χ2v) is 16.1. The largest absolute Gasteiger partial charge is 0.504 e. The van der Waals surface area contributed by atoms with Crippen molar-refractivity contribution in [2.45, 2.75) is 74.8 Å². The minimum Gasteiger partial charge on any atom is -0.504 e. The predicted octanol–water partition coefficient (Wildman–Crippen LogP) is 3.41. The molecule has 0 unspecified atom stereocenters. The lowest BCUT2D eigenvalue weighted by Crippen LogP contribution is -2.70. The smallest absolute Gasteiger partial charge is 0.331 e. The Morgan fingerprint density at radius 1 is 1.02 bits per heavy atom. The summed E-state index contributed by atoms with van der Waals surface area (Å²) >= 11 is 1.47. The van der Waals surface area contributed by atoms with Gasteiger partial charge in [0, 0.05) is 47.5 Å². The lowest BCUT2D eigenvalue weighted by atomic mass is 9.73. The highest BCUT2D eigenvalue weighted by Crippen LogP contribution is 2.64. The molecule has 3 aromatic carbocycles. The Hall–Kier alpha value is -4.41. The van der Waals surface area contributed by atoms with Gasteiger partial charge in [-0.15, -0.1) is 11.8 Å². The Morgan fingerprint density at radius 3 is 2.54 bits per heavy atom. The van der Waals surface area contributed by atoms with Crippen molar-refractivity contribution in [2.75, 3.05) is 47.0 Å². The Kier molecular flexibility index (Phi) is 8.21. The summed E-state index contributed by atoms with van der Waals surface area (Å²) in [7, 11) is 4.96. The van der Waals surface area contributed by atoms with E-state index < -0.39 is 47.1 Å². The molecule has 15 heteroatoms. The summed E-state index contributed by atoms with van der Waals surface area (Å²) in [6.45, 7) is 5.26. The number of phenols is 2. The van der Waals surface area contributed by atoms with E-state index >= 15 is 0 Å². The molecule has 10 rings (SSSR count). The summed E-state index contributed by atoms with van der Waals surface area (Å²) in [6.07, 6.45) is -0.0282. The summed E-state index contributed by atoms with van der Waals surface area (Å²) in [5.74, 6) is 0.949. The number of hydrogen-bond donors (Lipinski definition) is 4. The summed E-state index contributed by atoms with van der Waals surface area (Å²) in [5, 5.41) is 38.2. The van der Waals surface area contributed by atoms with E-state index in [1.165, 1.54) is 32.9 Å². The lowest BCUT2D eigenvalue weighted by molar-refractivity contribution is -0.186. The van der Waals surface area contributed by atoms with Gasteiger partial charge in [0.05, 0.1) is 37.6 Å². The first-order valence-corrected chi connectivity index (χ1v) is 19.1. The van der Waals surface area contributed by atoms with Crippen LogP contribution in [0, 0.1) is 13.8 Å². The molecule has 2 saturated heterocycles. The third-order valence-electron chi connectivity index (χ3n) is 12.3. The highest BCUT2D eigenvalue weighted by molar-refractivity contribution is 7.99. The fourth-order valence-corrected chi connectivity index (χ4v) is 11.7. The van der Waals surface area contributed by atoms with E-state index in [9.17, 15) is 24.9 Å². The first-order chi connectivity index (χ1) is 25.9. The molecule has 4 N–H and O–H groups in total. The summed E-state index contributed by atoms with van der Waals surface area (Å²) in [5.41, 5.74) is 4.36. The van der Waals surface area contributed by atoms with Gasteiger partial charge in [-0.2, -0.15) is 0 Å². The zero-order valence-corrected chi connectivity index (χ0v) is 31.7. The maximum absolute atomic E-state index is 14.7. The number of esters is 2. The van der Waals surface area contributed by atoms with E-state index in [-0.39, 0.29) is 42.4 Å². The van der Waals surface area contributed by atoms with Gasteiger partial charge in [0.2, 0.25) is 6.79 Å². The van der Waals surface area contributed by atoms with Crippen molar-refractivity contribution in [1.82, 2.24) is 15.1 Å². The highest BCUT2D eigenvalue weighted by Gasteiger charge is 2.61. The summed E-state index contributed by atoms with van der Waals surface area (Å²) < 4.78 is 35.9. The molecular weight excluding hydrogens is 719 g/mol. The number of aryl methyl sites for hydroxylation is 1. The number of aliphatic hydroxyl groups excluding tert-OH is 1. The number of aliphatic hydroxyl groups is 1. The van der Waals surface area contributed by atoms with E-state index in [4.69, 9.17) is 28.4 Å². The van der Waals surface area contributed by atoms with Gasteiger partial charge in [0.15, 0.2) is 40.0 Å². The molecule has 4 bridgehead atoms. The fourth-order valence-electron chi connectivity index (χ4n) is 10.00. The van der Waals surface area contributed by atoms with Crippen molar-refractivity contribution in [1.29, 1.82) is 0 Å². The van der Waals surface area contributed by atoms with Crippen LogP contribution < -0.4 is 29.0 Å². The number of likely N-dealkylation sites (N-methyl/N-ethyl adjacent to an activating group) is 1. The average molecular weight is 762 g/mol. The number of fused-ring (bicyclic) bond motifs is 9. The van der Waals surface area contributed by atoms with E-state index in [1.54, 1.807) is 12.1 Å². The fraction of sp³-hybridized carbons (Fsp3) is 0.487. The molecule has 0 saturated carbocycles. The maximum atomic E-state index is 14.7. The molecule has 14 nitrogen and oxygen atoms in total. The second-order valence-electron chi connectivity index (χ2n) is 14.9. The number of ether oxygens (including phenoxy) is 6. The second kappa shape index (κ2) is 12.6. The molecule has 7 aliphatic heterocycles. The summed E-state index contributed by atoms with van der Waals surface area (Å²) in [6, 6.07) is 3.13. The average Bonchev–Trinajstić information content (AvgIpc) is 3.63. The minimum absolute atomic E-state index is 0.0226. The molecule has 2 fully saturated rings. The number of nitrogens with one attached hydrogen (secondary N) is 1. The standard InChI is InChI=1S/C39H43N3O11S/c1-16-9-20-10-22-37(46)42-23-13-50-38(47)39(21-12-25(48-5)24(44)11-19(21)7-8-40-39)14-54-36(30(42)29(41(22)4)26(20)31(45)32(16)49-6)28-27(23)35-34(51-15-52-35)17(2)33(28)53-18(3)43/h9,11-12,22-23,29-30,36-37,40,44-46H,7-8,10,13-15H2,1-6H3/t22-,23+,29+,30+,36+,37-,39+/m0/s1. The molecule has 0 aromatic heterocycles. The number of carbonyl (C=O) groups excluding carboxylic acids is 2. The van der Waals surface area contributed by atoms with Crippen LogP contribution in [0.4, 0.5) is 0 Å². The first-order valence-electron chi connectivity index (χ1n) is 18.1. The molecule has 0 aliphatic carbocycles. The molecule has 1 spiro atoms. The van der Waals surface area contributed by atoms with Crippen molar-refractivity contribution in [3.8, 4) is 40.2 Å². The third kappa shape index (κ3) is 4.74. The van der Waals surface area contributed by atoms with E-state index in [0.29, 0.717) is 70.2 Å². The van der Waals surface area contributed by atoms with E-state index in [1.807, 2.05) is 31.9 Å². The monoisotopic (exact) mass is 761 g/mol. The van der Waals surface area contributed by atoms with Gasteiger partial charge in [-0.1, -0.05) is 6.07 Å². The van der Waals surface area contributed by atoms with Gasteiger partial charge >= 0.3 is 11.9 Å². The van der Waals surface area contributed by atoms with Crippen molar-refractivity contribution in [2.24, 2.45) is 0 Å². The van der Waals surface area contributed by atoms with Gasteiger partial charge in [0.25, 0.3) is 0 Å². The van der Waals surface area contributed by atoms with Crippen LogP contribution in [0.5, 0.6) is 40.2 Å². The number of hydrogen-bond acceptors (Lipinski definition) is 15. The van der Waals surface area contributed by atoms with Gasteiger partial charge in [-0.3, -0.25) is 19.9 Å². The molecule has 7 aliphatic rings. The normalized spacial score (nSPS) is 29.4. The third-order valence-corrected chi connectivity index (χ3v) is 13.7.